The van der Waals surface area contributed by atoms with E-state index in [1.54, 1.807) is 7.11 Å². The van der Waals surface area contributed by atoms with Crippen molar-refractivity contribution in [2.24, 2.45) is 0 Å². The van der Waals surface area contributed by atoms with Crippen LogP contribution in [-0.4, -0.2) is 18.7 Å². The maximum Gasteiger partial charge on any atom is 0.121 e. The van der Waals surface area contributed by atoms with E-state index in [0.717, 1.165) is 63.6 Å². The first-order valence-electron chi connectivity index (χ1n) is 9.26. The Morgan fingerprint density at radius 2 is 1.85 bits per heavy atom. The van der Waals surface area contributed by atoms with Crippen LogP contribution >= 0.6 is 0 Å². The summed E-state index contributed by atoms with van der Waals surface area (Å²) in [6.45, 7) is 4.88. The number of nitrogens with zero attached hydrogens (tertiary/aromatic N) is 1. The van der Waals surface area contributed by atoms with E-state index < -0.39 is 0 Å². The first-order valence-corrected chi connectivity index (χ1v) is 9.26. The molecule has 4 nitrogen and oxygen atoms in total. The van der Waals surface area contributed by atoms with Gasteiger partial charge in [0.2, 0.25) is 0 Å². The number of aromatic amines is 1. The quantitative estimate of drug-likeness (QED) is 0.571. The second-order valence-corrected chi connectivity index (χ2v) is 6.52. The highest BCUT2D eigenvalue weighted by molar-refractivity contribution is 6.10. The maximum atomic E-state index is 5.77. The molecule has 4 rings (SSSR count). The van der Waals surface area contributed by atoms with Crippen LogP contribution in [0.5, 0.6) is 11.5 Å². The highest BCUT2D eigenvalue weighted by Crippen LogP contribution is 2.47. The SMILES string of the molecule is CC=C1C=C(c2ccc(OC)cc2)[N-]c2c1[nH]c1cc(OCCC)ccc21. The lowest BCUT2D eigenvalue weighted by Crippen LogP contribution is -1.94. The summed E-state index contributed by atoms with van der Waals surface area (Å²) in [5, 5.41) is 6.06. The van der Waals surface area contributed by atoms with Crippen LogP contribution in [0.2, 0.25) is 0 Å². The average molecular weight is 359 g/mol. The minimum atomic E-state index is 0.722. The molecule has 2 heterocycles. The molecule has 0 amide bonds. The van der Waals surface area contributed by atoms with Gasteiger partial charge < -0.3 is 19.8 Å². The molecule has 1 N–H and O–H groups in total. The molecule has 0 bridgehead atoms. The molecule has 1 aromatic heterocycles. The van der Waals surface area contributed by atoms with Gasteiger partial charge in [-0.3, -0.25) is 0 Å². The molecule has 0 spiro atoms. The van der Waals surface area contributed by atoms with Crippen LogP contribution in [0.15, 0.2) is 54.6 Å². The lowest BCUT2D eigenvalue weighted by atomic mass is 10.0. The molecule has 0 saturated carbocycles. The Hall–Kier alpha value is -3.14. The summed E-state index contributed by atoms with van der Waals surface area (Å²) < 4.78 is 11.0. The van der Waals surface area contributed by atoms with Crippen molar-refractivity contribution < 1.29 is 9.47 Å². The van der Waals surface area contributed by atoms with Gasteiger partial charge in [-0.2, -0.15) is 0 Å². The van der Waals surface area contributed by atoms with Crippen LogP contribution in [0, 0.1) is 0 Å². The number of fused-ring (bicyclic) bond motifs is 3. The van der Waals surface area contributed by atoms with Gasteiger partial charge in [-0.15, -0.1) is 11.4 Å². The largest absolute Gasteiger partial charge is 0.655 e. The normalized spacial score (nSPS) is 14.6. The van der Waals surface area contributed by atoms with E-state index in [1.165, 1.54) is 0 Å². The number of hydrogen-bond donors (Lipinski definition) is 1. The van der Waals surface area contributed by atoms with E-state index in [-0.39, 0.29) is 0 Å². The highest BCUT2D eigenvalue weighted by atomic mass is 16.5. The maximum absolute atomic E-state index is 5.77. The van der Waals surface area contributed by atoms with Gasteiger partial charge in [-0.25, -0.2) is 0 Å². The summed E-state index contributed by atoms with van der Waals surface area (Å²) in [5.74, 6) is 1.72. The molecule has 2 aromatic carbocycles. The highest BCUT2D eigenvalue weighted by Gasteiger charge is 2.13. The number of ether oxygens (including phenoxy) is 2. The molecule has 0 fully saturated rings. The van der Waals surface area contributed by atoms with Crippen LogP contribution in [0.25, 0.3) is 27.5 Å². The van der Waals surface area contributed by atoms with E-state index in [4.69, 9.17) is 14.8 Å². The van der Waals surface area contributed by atoms with Crippen LogP contribution in [0.4, 0.5) is 5.69 Å². The molecule has 1 aliphatic rings. The van der Waals surface area contributed by atoms with E-state index in [0.29, 0.717) is 0 Å². The zero-order valence-corrected chi connectivity index (χ0v) is 15.9. The fourth-order valence-electron chi connectivity index (χ4n) is 3.31. The molecule has 1 aliphatic heterocycles. The van der Waals surface area contributed by atoms with Gasteiger partial charge in [-0.1, -0.05) is 37.3 Å². The Balaban J connectivity index is 1.74. The smallest absolute Gasteiger partial charge is 0.121 e. The van der Waals surface area contributed by atoms with E-state index in [9.17, 15) is 0 Å². The number of H-pyrrole nitrogens is 1. The Kier molecular flexibility index (Phi) is 4.63. The predicted octanol–water partition coefficient (Wildman–Crippen LogP) is 6.43. The number of aromatic nitrogens is 1. The van der Waals surface area contributed by atoms with Crippen molar-refractivity contribution in [1.29, 1.82) is 0 Å². The third kappa shape index (κ3) is 3.19. The number of allylic oxidation sites excluding steroid dienone is 3. The standard InChI is InChI=1S/C23H23N2O2/c1-4-12-27-18-10-11-19-21(14-18)25-22-15(5-2)13-20(24-23(19)22)16-6-8-17(26-3)9-7-16/h5-11,13-14,25H,4,12H2,1-3H3/q-1. The monoisotopic (exact) mass is 359 g/mol. The molecule has 0 atom stereocenters. The van der Waals surface area contributed by atoms with Gasteiger partial charge in [-0.05, 0) is 48.1 Å². The Labute approximate surface area is 159 Å². The first-order chi connectivity index (χ1) is 13.2. The molecular formula is C23H23N2O2-. The summed E-state index contributed by atoms with van der Waals surface area (Å²) in [7, 11) is 1.67. The number of hydrogen-bond acceptors (Lipinski definition) is 2. The summed E-state index contributed by atoms with van der Waals surface area (Å²) in [6, 6.07) is 14.2. The van der Waals surface area contributed by atoms with Crippen LogP contribution in [-0.2, 0) is 0 Å². The number of benzene rings is 2. The lowest BCUT2D eigenvalue weighted by Gasteiger charge is -2.32. The minimum absolute atomic E-state index is 0.722. The van der Waals surface area contributed by atoms with Crippen LogP contribution in [0.1, 0.15) is 31.5 Å². The Morgan fingerprint density at radius 3 is 2.56 bits per heavy atom. The van der Waals surface area contributed by atoms with Gasteiger partial charge in [0.25, 0.3) is 0 Å². The van der Waals surface area contributed by atoms with Gasteiger partial charge >= 0.3 is 0 Å². The van der Waals surface area contributed by atoms with E-state index in [1.807, 2.05) is 37.3 Å². The molecular weight excluding hydrogens is 336 g/mol. The third-order valence-corrected chi connectivity index (χ3v) is 4.73. The molecule has 0 radical (unpaired) electrons. The molecule has 4 heteroatoms. The molecule has 138 valence electrons. The topological polar surface area (TPSA) is 48.4 Å². The number of nitrogens with one attached hydrogen (secondary N) is 1. The van der Waals surface area contributed by atoms with E-state index >= 15 is 0 Å². The second kappa shape index (κ2) is 7.23. The molecule has 27 heavy (non-hydrogen) atoms. The van der Waals surface area contributed by atoms with Crippen LogP contribution < -0.4 is 9.47 Å². The third-order valence-electron chi connectivity index (χ3n) is 4.73. The Bertz CT molecular complexity index is 1030. The summed E-state index contributed by atoms with van der Waals surface area (Å²) in [5.41, 5.74) is 6.23. The summed E-state index contributed by atoms with van der Waals surface area (Å²) in [4.78, 5) is 3.52. The van der Waals surface area contributed by atoms with Crippen molar-refractivity contribution in [2.75, 3.05) is 13.7 Å². The minimum Gasteiger partial charge on any atom is -0.655 e. The van der Waals surface area contributed by atoms with E-state index in [2.05, 4.69) is 36.2 Å². The number of rotatable bonds is 5. The van der Waals surface area contributed by atoms with Crippen molar-refractivity contribution >= 4 is 27.9 Å². The van der Waals surface area contributed by atoms with Crippen LogP contribution in [0.3, 0.4) is 0 Å². The van der Waals surface area contributed by atoms with Gasteiger partial charge in [0, 0.05) is 17.3 Å². The predicted molar refractivity (Wildman–Crippen MR) is 112 cm³/mol. The molecule has 0 aliphatic carbocycles. The molecule has 0 saturated heterocycles. The summed E-state index contributed by atoms with van der Waals surface area (Å²) in [6.07, 6.45) is 5.22. The van der Waals surface area contributed by atoms with Gasteiger partial charge in [0.1, 0.15) is 11.5 Å². The molecule has 0 unspecified atom stereocenters. The first kappa shape index (κ1) is 17.3. The van der Waals surface area contributed by atoms with Crippen molar-refractivity contribution in [1.82, 2.24) is 4.98 Å². The van der Waals surface area contributed by atoms with Gasteiger partial charge in [0.05, 0.1) is 13.7 Å². The average Bonchev–Trinajstić information content (AvgIpc) is 3.09. The fraction of sp³-hybridized carbons (Fsp3) is 0.217. The second-order valence-electron chi connectivity index (χ2n) is 6.52. The number of methoxy groups -OCH3 is 1. The lowest BCUT2D eigenvalue weighted by molar-refractivity contribution is 0.318. The molecule has 3 aromatic rings. The zero-order chi connectivity index (χ0) is 18.8. The van der Waals surface area contributed by atoms with Crippen molar-refractivity contribution in [3.63, 3.8) is 0 Å². The summed E-state index contributed by atoms with van der Waals surface area (Å²) >= 11 is 0. The van der Waals surface area contributed by atoms with Crippen molar-refractivity contribution in [2.45, 2.75) is 20.3 Å². The zero-order valence-electron chi connectivity index (χ0n) is 15.9. The fourth-order valence-corrected chi connectivity index (χ4v) is 3.31. The van der Waals surface area contributed by atoms with Crippen molar-refractivity contribution in [3.8, 4) is 11.5 Å². The van der Waals surface area contributed by atoms with Crippen molar-refractivity contribution in [3.05, 3.63) is 71.2 Å². The van der Waals surface area contributed by atoms with Gasteiger partial charge in [0.15, 0.2) is 0 Å². The Morgan fingerprint density at radius 1 is 1.07 bits per heavy atom.